The van der Waals surface area contributed by atoms with Crippen LogP contribution in [0.25, 0.3) is 16.5 Å². The standard InChI is InChI=1S/C27H28F3N5O2/c1-14(18-5-4-6-19(22(18)28)26(29)30)32-27-21-13-20(17-7-10-35(11-8-17)16(3)36)25-24(31-9-12-37-25)23(21)33-15(2)34-27/h4-7,13-14,26,31H,8-12H2,1-3H3,(H,32,33,34)/t14-/m1/s1. The maximum absolute atomic E-state index is 14.9. The number of halogens is 3. The molecule has 2 aliphatic heterocycles. The lowest BCUT2D eigenvalue weighted by Gasteiger charge is -2.29. The molecular weight excluding hydrogens is 483 g/mol. The number of amides is 1. The molecule has 3 heterocycles. The molecular formula is C27H28F3N5O2. The Labute approximate surface area is 212 Å². The van der Waals surface area contributed by atoms with Crippen molar-refractivity contribution in [2.75, 3.05) is 36.9 Å². The molecule has 0 aliphatic carbocycles. The van der Waals surface area contributed by atoms with E-state index in [0.29, 0.717) is 61.0 Å². The van der Waals surface area contributed by atoms with E-state index in [9.17, 15) is 18.0 Å². The molecule has 1 atom stereocenters. The van der Waals surface area contributed by atoms with Gasteiger partial charge >= 0.3 is 0 Å². The lowest BCUT2D eigenvalue weighted by atomic mass is 9.95. The molecule has 0 saturated carbocycles. The minimum absolute atomic E-state index is 0.0289. The lowest BCUT2D eigenvalue weighted by Crippen LogP contribution is -2.32. The number of rotatable bonds is 5. The Hall–Kier alpha value is -3.82. The summed E-state index contributed by atoms with van der Waals surface area (Å²) >= 11 is 0. The Balaban J connectivity index is 1.61. The monoisotopic (exact) mass is 511 g/mol. The average molecular weight is 512 g/mol. The number of fused-ring (bicyclic) bond motifs is 3. The second kappa shape index (κ2) is 9.91. The van der Waals surface area contributed by atoms with Crippen molar-refractivity contribution in [1.29, 1.82) is 0 Å². The van der Waals surface area contributed by atoms with Gasteiger partial charge in [0.05, 0.1) is 11.6 Å². The van der Waals surface area contributed by atoms with E-state index in [1.807, 2.05) is 12.1 Å². The highest BCUT2D eigenvalue weighted by molar-refractivity contribution is 6.03. The summed E-state index contributed by atoms with van der Waals surface area (Å²) in [7, 11) is 0. The van der Waals surface area contributed by atoms with Gasteiger partial charge < -0.3 is 20.3 Å². The molecule has 194 valence electrons. The smallest absolute Gasteiger partial charge is 0.266 e. The van der Waals surface area contributed by atoms with Gasteiger partial charge in [-0.3, -0.25) is 4.79 Å². The molecule has 0 radical (unpaired) electrons. The van der Waals surface area contributed by atoms with Crippen molar-refractivity contribution in [3.63, 3.8) is 0 Å². The van der Waals surface area contributed by atoms with Crippen molar-refractivity contribution < 1.29 is 22.7 Å². The molecule has 2 aromatic carbocycles. The van der Waals surface area contributed by atoms with E-state index >= 15 is 0 Å². The second-order valence-electron chi connectivity index (χ2n) is 9.28. The number of ether oxygens (including phenoxy) is 1. The van der Waals surface area contributed by atoms with Crippen LogP contribution in [0.1, 0.15) is 55.3 Å². The van der Waals surface area contributed by atoms with Gasteiger partial charge in [0.1, 0.15) is 35.3 Å². The van der Waals surface area contributed by atoms with Crippen LogP contribution in [-0.4, -0.2) is 47.0 Å². The second-order valence-corrected chi connectivity index (χ2v) is 9.28. The van der Waals surface area contributed by atoms with E-state index in [-0.39, 0.29) is 11.5 Å². The first-order valence-corrected chi connectivity index (χ1v) is 12.2. The maximum Gasteiger partial charge on any atom is 0.266 e. The molecule has 5 rings (SSSR count). The van der Waals surface area contributed by atoms with Gasteiger partial charge in [-0.2, -0.15) is 0 Å². The van der Waals surface area contributed by atoms with Crippen molar-refractivity contribution in [3.05, 3.63) is 58.7 Å². The third-order valence-corrected chi connectivity index (χ3v) is 6.82. The van der Waals surface area contributed by atoms with Crippen molar-refractivity contribution in [3.8, 4) is 5.75 Å². The number of alkyl halides is 2. The number of anilines is 2. The van der Waals surface area contributed by atoms with Crippen LogP contribution >= 0.6 is 0 Å². The number of nitrogens with one attached hydrogen (secondary N) is 2. The van der Waals surface area contributed by atoms with Crippen LogP contribution in [0.2, 0.25) is 0 Å². The summed E-state index contributed by atoms with van der Waals surface area (Å²) < 4.78 is 47.5. The topological polar surface area (TPSA) is 79.4 Å². The third-order valence-electron chi connectivity index (χ3n) is 6.82. The molecule has 7 nitrogen and oxygen atoms in total. The van der Waals surface area contributed by atoms with Gasteiger partial charge in [-0.05, 0) is 31.9 Å². The maximum atomic E-state index is 14.9. The Morgan fingerprint density at radius 2 is 2.03 bits per heavy atom. The quantitative estimate of drug-likeness (QED) is 0.463. The minimum Gasteiger partial charge on any atom is -0.489 e. The molecule has 3 aromatic rings. The fraction of sp³-hybridized carbons (Fsp3) is 0.370. The van der Waals surface area contributed by atoms with Crippen molar-refractivity contribution in [2.45, 2.75) is 39.7 Å². The normalized spacial score (nSPS) is 16.1. The molecule has 1 aromatic heterocycles. The van der Waals surface area contributed by atoms with Crippen LogP contribution in [0.5, 0.6) is 5.75 Å². The fourth-order valence-electron chi connectivity index (χ4n) is 4.91. The minimum atomic E-state index is -2.91. The molecule has 37 heavy (non-hydrogen) atoms. The molecule has 10 heteroatoms. The zero-order chi connectivity index (χ0) is 26.3. The summed E-state index contributed by atoms with van der Waals surface area (Å²) in [6.45, 7) is 7.25. The number of nitrogens with zero attached hydrogens (tertiary/aromatic N) is 3. The van der Waals surface area contributed by atoms with Gasteiger partial charge in [0, 0.05) is 43.1 Å². The van der Waals surface area contributed by atoms with Gasteiger partial charge in [0.25, 0.3) is 6.43 Å². The highest BCUT2D eigenvalue weighted by Gasteiger charge is 2.26. The van der Waals surface area contributed by atoms with E-state index in [4.69, 9.17) is 4.74 Å². The number of aryl methyl sites for hydroxylation is 1. The molecule has 0 spiro atoms. The van der Waals surface area contributed by atoms with E-state index < -0.39 is 23.8 Å². The molecule has 0 saturated heterocycles. The largest absolute Gasteiger partial charge is 0.489 e. The van der Waals surface area contributed by atoms with E-state index in [0.717, 1.165) is 22.9 Å². The van der Waals surface area contributed by atoms with Gasteiger partial charge in [-0.15, -0.1) is 0 Å². The van der Waals surface area contributed by atoms with E-state index in [1.54, 1.807) is 25.7 Å². The van der Waals surface area contributed by atoms with Crippen LogP contribution in [0.15, 0.2) is 30.3 Å². The zero-order valence-corrected chi connectivity index (χ0v) is 20.9. The van der Waals surface area contributed by atoms with Gasteiger partial charge in [0.2, 0.25) is 5.91 Å². The number of benzene rings is 2. The zero-order valence-electron chi connectivity index (χ0n) is 20.9. The van der Waals surface area contributed by atoms with Crippen LogP contribution in [0.3, 0.4) is 0 Å². The predicted octanol–water partition coefficient (Wildman–Crippen LogP) is 5.63. The van der Waals surface area contributed by atoms with Crippen molar-refractivity contribution in [1.82, 2.24) is 14.9 Å². The molecule has 0 bridgehead atoms. The van der Waals surface area contributed by atoms with Crippen LogP contribution in [-0.2, 0) is 4.79 Å². The van der Waals surface area contributed by atoms with Crippen molar-refractivity contribution in [2.24, 2.45) is 0 Å². The van der Waals surface area contributed by atoms with E-state index in [2.05, 4.69) is 20.6 Å². The van der Waals surface area contributed by atoms with Gasteiger partial charge in [0.15, 0.2) is 5.75 Å². The summed E-state index contributed by atoms with van der Waals surface area (Å²) in [5.41, 5.74) is 2.84. The first-order chi connectivity index (χ1) is 17.7. The Morgan fingerprint density at radius 1 is 1.24 bits per heavy atom. The van der Waals surface area contributed by atoms with Gasteiger partial charge in [-0.25, -0.2) is 23.1 Å². The first-order valence-electron chi connectivity index (χ1n) is 12.2. The first kappa shape index (κ1) is 24.9. The molecule has 2 aliphatic rings. The summed E-state index contributed by atoms with van der Waals surface area (Å²) in [6.07, 6.45) is -0.212. The molecule has 2 N–H and O–H groups in total. The third kappa shape index (κ3) is 4.68. The van der Waals surface area contributed by atoms with Gasteiger partial charge in [-0.1, -0.05) is 24.3 Å². The van der Waals surface area contributed by atoms with Crippen LogP contribution in [0.4, 0.5) is 24.7 Å². The number of carbonyl (C=O) groups excluding carboxylic acids is 1. The predicted molar refractivity (Wildman–Crippen MR) is 137 cm³/mol. The Bertz CT molecular complexity index is 1410. The molecule has 1 amide bonds. The highest BCUT2D eigenvalue weighted by Crippen LogP contribution is 2.44. The molecule has 0 fully saturated rings. The van der Waals surface area contributed by atoms with Crippen molar-refractivity contribution >= 4 is 33.9 Å². The summed E-state index contributed by atoms with van der Waals surface area (Å²) in [5.74, 6) is 0.772. The summed E-state index contributed by atoms with van der Waals surface area (Å²) in [5, 5.41) is 7.33. The Morgan fingerprint density at radius 3 is 2.73 bits per heavy atom. The SMILES string of the molecule is CC(=O)N1CC=C(c2cc3c(N[C@H](C)c4cccc(C(F)F)c4F)nc(C)nc3c3c2OCCN3)CC1. The Kier molecular flexibility index (Phi) is 6.66. The van der Waals surface area contributed by atoms with Crippen LogP contribution in [0, 0.1) is 12.7 Å². The van der Waals surface area contributed by atoms with E-state index in [1.165, 1.54) is 12.1 Å². The lowest BCUT2D eigenvalue weighted by molar-refractivity contribution is -0.128. The average Bonchev–Trinajstić information content (AvgIpc) is 2.88. The number of carbonyl (C=O) groups is 1. The number of aromatic nitrogens is 2. The summed E-state index contributed by atoms with van der Waals surface area (Å²) in [6, 6.07) is 5.33. The fourth-order valence-corrected chi connectivity index (χ4v) is 4.91. The van der Waals surface area contributed by atoms with Crippen LogP contribution < -0.4 is 15.4 Å². The highest BCUT2D eigenvalue weighted by atomic mass is 19.3. The number of hydrogen-bond donors (Lipinski definition) is 2. The molecule has 0 unspecified atom stereocenters. The number of hydrogen-bond acceptors (Lipinski definition) is 6. The summed E-state index contributed by atoms with van der Waals surface area (Å²) in [4.78, 5) is 22.8.